The fourth-order valence-electron chi connectivity index (χ4n) is 0.523. The second-order valence-electron chi connectivity index (χ2n) is 2.43. The molecule has 0 heterocycles. The van der Waals surface area contributed by atoms with Gasteiger partial charge in [-0.2, -0.15) is 0 Å². The molecule has 0 aromatic rings. The highest BCUT2D eigenvalue weighted by Gasteiger charge is 1.93. The van der Waals surface area contributed by atoms with Crippen LogP contribution in [0.3, 0.4) is 0 Å². The summed E-state index contributed by atoms with van der Waals surface area (Å²) in [6.45, 7) is 16.4. The van der Waals surface area contributed by atoms with Crippen LogP contribution in [0.4, 0.5) is 0 Å². The van der Waals surface area contributed by atoms with Gasteiger partial charge in [-0.15, -0.1) is 13.2 Å². The summed E-state index contributed by atoms with van der Waals surface area (Å²) in [6, 6.07) is 0. The van der Waals surface area contributed by atoms with Crippen LogP contribution < -0.4 is 0 Å². The van der Waals surface area contributed by atoms with Gasteiger partial charge in [0.05, 0.1) is 12.7 Å². The van der Waals surface area contributed by atoms with E-state index in [4.69, 9.17) is 4.74 Å². The molecule has 0 atom stereocenters. The second-order valence-corrected chi connectivity index (χ2v) is 2.43. The predicted molar refractivity (Wildman–Crippen MR) is 56.3 cm³/mol. The molecule has 0 aliphatic heterocycles. The Labute approximate surface area is 76.4 Å². The molecule has 70 valence electrons. The average Bonchev–Trinajstić information content (AvgIpc) is 2.09. The van der Waals surface area contributed by atoms with Crippen molar-refractivity contribution in [1.82, 2.24) is 0 Å². The summed E-state index contributed by atoms with van der Waals surface area (Å²) in [7, 11) is 0. The third-order valence-electron chi connectivity index (χ3n) is 1.22. The van der Waals surface area contributed by atoms with Crippen LogP contribution in [-0.4, -0.2) is 12.7 Å². The molecule has 0 aromatic heterocycles. The van der Waals surface area contributed by atoms with Gasteiger partial charge in [-0.3, -0.25) is 0 Å². The summed E-state index contributed by atoms with van der Waals surface area (Å²) < 4.78 is 5.35. The van der Waals surface area contributed by atoms with Crippen molar-refractivity contribution >= 4 is 0 Å². The maximum Gasteiger partial charge on any atom is 0.0716 e. The Balaban J connectivity index is 0. The second kappa shape index (κ2) is 10.2. The summed E-state index contributed by atoms with van der Waals surface area (Å²) in [5, 5.41) is 0. The molecule has 0 radical (unpaired) electrons. The largest absolute Gasteiger partial charge is 0.374 e. The zero-order valence-electron chi connectivity index (χ0n) is 8.47. The van der Waals surface area contributed by atoms with Gasteiger partial charge < -0.3 is 4.74 Å². The van der Waals surface area contributed by atoms with Crippen LogP contribution in [0.25, 0.3) is 0 Å². The van der Waals surface area contributed by atoms with Gasteiger partial charge in [-0.25, -0.2) is 0 Å². The van der Waals surface area contributed by atoms with Crippen LogP contribution in [0.2, 0.25) is 0 Å². The van der Waals surface area contributed by atoms with Gasteiger partial charge in [0, 0.05) is 0 Å². The minimum absolute atomic E-state index is 0.301. The van der Waals surface area contributed by atoms with Gasteiger partial charge >= 0.3 is 0 Å². The van der Waals surface area contributed by atoms with Crippen molar-refractivity contribution in [2.24, 2.45) is 0 Å². The van der Waals surface area contributed by atoms with E-state index in [9.17, 15) is 0 Å². The Hall–Kier alpha value is -0.820. The lowest BCUT2D eigenvalue weighted by Crippen LogP contribution is -2.04. The first kappa shape index (κ1) is 13.7. The summed E-state index contributed by atoms with van der Waals surface area (Å²) in [4.78, 5) is 0. The molecule has 1 nitrogen and oxygen atoms in total. The summed E-state index contributed by atoms with van der Waals surface area (Å²) >= 11 is 0. The summed E-state index contributed by atoms with van der Waals surface area (Å²) in [5.74, 6) is 0. The van der Waals surface area contributed by atoms with E-state index in [0.29, 0.717) is 12.7 Å². The fourth-order valence-corrected chi connectivity index (χ4v) is 0.523. The highest BCUT2D eigenvalue weighted by atomic mass is 16.5. The van der Waals surface area contributed by atoms with Crippen LogP contribution in [0, 0.1) is 0 Å². The Morgan fingerprint density at radius 1 is 1.42 bits per heavy atom. The Morgan fingerprint density at radius 3 is 2.17 bits per heavy atom. The zero-order valence-corrected chi connectivity index (χ0v) is 8.47. The first-order chi connectivity index (χ1) is 5.70. The van der Waals surface area contributed by atoms with Crippen LogP contribution in [0.1, 0.15) is 20.8 Å². The molecule has 0 N–H and O–H groups in total. The van der Waals surface area contributed by atoms with Crippen molar-refractivity contribution in [2.75, 3.05) is 6.61 Å². The quantitative estimate of drug-likeness (QED) is 0.462. The van der Waals surface area contributed by atoms with Gasteiger partial charge in [-0.1, -0.05) is 18.7 Å². The molecule has 0 fully saturated rings. The molecule has 0 spiro atoms. The molecule has 0 aliphatic carbocycles. The van der Waals surface area contributed by atoms with E-state index in [1.165, 1.54) is 0 Å². The number of ether oxygens (including phenoxy) is 1. The van der Waals surface area contributed by atoms with Gasteiger partial charge in [0.2, 0.25) is 0 Å². The topological polar surface area (TPSA) is 9.23 Å². The maximum absolute atomic E-state index is 5.35. The zero-order chi connectivity index (χ0) is 9.98. The van der Waals surface area contributed by atoms with Crippen molar-refractivity contribution < 1.29 is 4.74 Å². The minimum Gasteiger partial charge on any atom is -0.374 e. The van der Waals surface area contributed by atoms with Crippen LogP contribution in [-0.2, 0) is 4.74 Å². The molecule has 0 bridgehead atoms. The monoisotopic (exact) mass is 168 g/mol. The number of allylic oxidation sites excluding steroid dienone is 1. The van der Waals surface area contributed by atoms with Crippen LogP contribution >= 0.6 is 0 Å². The van der Waals surface area contributed by atoms with Crippen molar-refractivity contribution in [3.05, 3.63) is 37.5 Å². The highest BCUT2D eigenvalue weighted by Crippen LogP contribution is 1.98. The van der Waals surface area contributed by atoms with Crippen molar-refractivity contribution in [2.45, 2.75) is 26.9 Å². The summed E-state index contributed by atoms with van der Waals surface area (Å²) in [5.41, 5.74) is 1.15. The predicted octanol–water partition coefficient (Wildman–Crippen LogP) is 3.35. The van der Waals surface area contributed by atoms with Crippen molar-refractivity contribution in [1.29, 1.82) is 0 Å². The van der Waals surface area contributed by atoms with Crippen molar-refractivity contribution in [3.8, 4) is 0 Å². The Bertz CT molecular complexity index is 134. The maximum atomic E-state index is 5.35. The van der Waals surface area contributed by atoms with E-state index < -0.39 is 0 Å². The fraction of sp³-hybridized carbons (Fsp3) is 0.455. The molecular weight excluding hydrogens is 148 g/mol. The third-order valence-corrected chi connectivity index (χ3v) is 1.22. The molecule has 12 heavy (non-hydrogen) atoms. The molecule has 0 amide bonds. The Morgan fingerprint density at radius 2 is 1.92 bits per heavy atom. The van der Waals surface area contributed by atoms with E-state index in [-0.39, 0.29) is 0 Å². The van der Waals surface area contributed by atoms with E-state index in [1.54, 1.807) is 0 Å². The molecule has 0 saturated heterocycles. The van der Waals surface area contributed by atoms with Gasteiger partial charge in [0.1, 0.15) is 0 Å². The lowest BCUT2D eigenvalue weighted by molar-refractivity contribution is 0.0988. The number of rotatable bonds is 4. The summed E-state index contributed by atoms with van der Waals surface area (Å²) in [6.07, 6.45) is 4.13. The van der Waals surface area contributed by atoms with E-state index >= 15 is 0 Å². The van der Waals surface area contributed by atoms with Gasteiger partial charge in [0.25, 0.3) is 0 Å². The van der Waals surface area contributed by atoms with E-state index in [1.807, 2.05) is 32.9 Å². The lowest BCUT2D eigenvalue weighted by Gasteiger charge is -2.06. The van der Waals surface area contributed by atoms with E-state index in [0.717, 1.165) is 5.57 Å². The standard InChI is InChI=1S/C9H16O.C2H4/c1-5-9(6-2)7-10-8(3)4;1-2/h5-6,8H,1,7H2,2-4H3;1-2H2/b9-6+;. The van der Waals surface area contributed by atoms with Crippen molar-refractivity contribution in [3.63, 3.8) is 0 Å². The molecule has 0 saturated carbocycles. The number of hydrogen-bond acceptors (Lipinski definition) is 1. The lowest BCUT2D eigenvalue weighted by atomic mass is 10.3. The minimum atomic E-state index is 0.301. The average molecular weight is 168 g/mol. The van der Waals surface area contributed by atoms with Crippen LogP contribution in [0.15, 0.2) is 37.5 Å². The highest BCUT2D eigenvalue weighted by molar-refractivity contribution is 5.15. The van der Waals surface area contributed by atoms with Gasteiger partial charge in [-0.05, 0) is 26.3 Å². The first-order valence-electron chi connectivity index (χ1n) is 4.10. The SMILES string of the molecule is C=C.C=C/C(=C\C)COC(C)C. The molecule has 0 aliphatic rings. The Kier molecular flexibility index (Phi) is 11.7. The molecule has 0 rings (SSSR count). The normalized spacial score (nSPS) is 10.5. The van der Waals surface area contributed by atoms with E-state index in [2.05, 4.69) is 19.7 Å². The number of hydrogen-bond donors (Lipinski definition) is 0. The van der Waals surface area contributed by atoms with Gasteiger partial charge in [0.15, 0.2) is 0 Å². The van der Waals surface area contributed by atoms with Crippen LogP contribution in [0.5, 0.6) is 0 Å². The smallest absolute Gasteiger partial charge is 0.0716 e. The third kappa shape index (κ3) is 9.18. The first-order valence-corrected chi connectivity index (χ1v) is 4.10. The molecule has 0 unspecified atom stereocenters. The molecule has 1 heteroatoms. The molecule has 0 aromatic carbocycles. The molecular formula is C11H20O.